The van der Waals surface area contributed by atoms with Crippen LogP contribution in [0.3, 0.4) is 0 Å². The SMILES string of the molecule is CCCCCN1/C(=C/C=C/C2=[N+](CCCS(=O)(=O)O)c3c(cc(-c4cc(C(=O)CCC)nc(C(=O)NCC)c4)c4sccc34)C2(C)CCC)C(C)(CCCS(=O)(=O)O)c2cc(-c3cc(C(=O)NCCS(=O)(=O)O)nc(C(=O)NCCS(=O)(=O)O)c3)c3sccc3c21. The number of unbranched alkanes of at least 4 members (excludes halogenated alkanes) is 2. The van der Waals surface area contributed by atoms with Gasteiger partial charge in [-0.2, -0.15) is 38.2 Å². The zero-order valence-electron chi connectivity index (χ0n) is 51.4. The van der Waals surface area contributed by atoms with Crippen molar-refractivity contribution in [3.63, 3.8) is 0 Å². The van der Waals surface area contributed by atoms with Crippen molar-refractivity contribution in [1.29, 1.82) is 0 Å². The molecule has 0 fully saturated rings. The molecule has 2 unspecified atom stereocenters. The van der Waals surface area contributed by atoms with Crippen molar-refractivity contribution in [3.8, 4) is 22.3 Å². The molecule has 8 rings (SSSR count). The summed E-state index contributed by atoms with van der Waals surface area (Å²) in [5.41, 5.74) is 4.67. The van der Waals surface area contributed by atoms with Gasteiger partial charge in [-0.1, -0.05) is 46.1 Å². The average Bonchev–Trinajstić information content (AvgIpc) is 1.57. The lowest BCUT2D eigenvalue weighted by molar-refractivity contribution is -0.435. The van der Waals surface area contributed by atoms with Crippen LogP contribution in [-0.4, -0.2) is 151 Å². The molecule has 7 N–H and O–H groups in total. The van der Waals surface area contributed by atoms with Gasteiger partial charge in [0.25, 0.3) is 58.2 Å². The molecule has 29 heteroatoms. The number of pyridine rings is 2. The standard InChI is InChI=1S/C62H75N7O16S6/c1-7-11-12-25-68-53(18-13-17-52-61(5,21-9-3)45-37-43(39-33-47(51(70)16-8-2)66-48(34-39)58(71)63-10-4)56-41(19-27-86-56)54(45)69(52)26-15-30-89(77,78)79)62(6,22-14-29-88(74,75)76)46-38-44(57-42(55(46)68)20-28-87-57)40-35-49(59(72)64-23-31-90(80,81)82)67-50(36-40)60(73)65-24-32-91(83,84)85/h13,17-20,27-28,33-38H,7-12,14-16,21-26,29-32H2,1-6H3,(H6-,63,64,65,71,72,73,74,75,76,77,78,79,80,81,82,83,84,85)/p+1. The summed E-state index contributed by atoms with van der Waals surface area (Å²) in [6.45, 7) is 11.8. The summed E-state index contributed by atoms with van der Waals surface area (Å²) in [5.74, 6) is -5.24. The van der Waals surface area contributed by atoms with E-state index in [1.807, 2.05) is 61.0 Å². The monoisotopic (exact) mass is 1370 g/mol. The minimum absolute atomic E-state index is 0.00900. The number of fused-ring (bicyclic) bond motifs is 6. The molecule has 2 atom stereocenters. The third-order valence-electron chi connectivity index (χ3n) is 16.3. The Bertz CT molecular complexity index is 4300. The molecule has 6 aromatic rings. The molecule has 3 amide bonds. The summed E-state index contributed by atoms with van der Waals surface area (Å²) in [4.78, 5) is 65.6. The maximum atomic E-state index is 13.8. The molecule has 0 radical (unpaired) electrons. The number of rotatable bonds is 31. The number of anilines is 1. The van der Waals surface area contributed by atoms with Crippen LogP contribution in [0.15, 0.2) is 83.2 Å². The normalized spacial score (nSPS) is 17.4. The molecule has 0 spiro atoms. The first-order valence-corrected chi connectivity index (χ1v) is 38.2. The van der Waals surface area contributed by atoms with Gasteiger partial charge >= 0.3 is 0 Å². The Labute approximate surface area is 538 Å². The molecule has 91 heavy (non-hydrogen) atoms. The number of amides is 3. The van der Waals surface area contributed by atoms with Crippen molar-refractivity contribution in [2.75, 3.05) is 60.6 Å². The topological polar surface area (TPSA) is 354 Å². The Morgan fingerprint density at radius 2 is 1.11 bits per heavy atom. The molecule has 2 aromatic carbocycles. The molecular weight excluding hydrogens is 1290 g/mol. The zero-order chi connectivity index (χ0) is 66.4. The summed E-state index contributed by atoms with van der Waals surface area (Å²) < 4.78 is 139. The van der Waals surface area contributed by atoms with E-state index in [0.29, 0.717) is 48.2 Å². The van der Waals surface area contributed by atoms with Gasteiger partial charge in [0.1, 0.15) is 29.3 Å². The van der Waals surface area contributed by atoms with Crippen molar-refractivity contribution in [2.24, 2.45) is 0 Å². The summed E-state index contributed by atoms with van der Waals surface area (Å²) >= 11 is 2.83. The number of allylic oxidation sites excluding steroid dienone is 4. The highest BCUT2D eigenvalue weighted by Gasteiger charge is 2.49. The fourth-order valence-electron chi connectivity index (χ4n) is 12.3. The minimum atomic E-state index is -4.50. The second kappa shape index (κ2) is 28.7. The molecule has 23 nitrogen and oxygen atoms in total. The summed E-state index contributed by atoms with van der Waals surface area (Å²) in [5, 5.41) is 13.0. The number of carbonyl (C=O) groups is 4. The van der Waals surface area contributed by atoms with Crippen molar-refractivity contribution in [1.82, 2.24) is 25.9 Å². The minimum Gasteiger partial charge on any atom is -0.351 e. The third-order valence-corrected chi connectivity index (χ3v) is 21.3. The van der Waals surface area contributed by atoms with Crippen LogP contribution in [0.4, 0.5) is 11.4 Å². The molecule has 6 heterocycles. The largest absolute Gasteiger partial charge is 0.351 e. The van der Waals surface area contributed by atoms with Gasteiger partial charge < -0.3 is 20.9 Å². The van der Waals surface area contributed by atoms with E-state index in [4.69, 9.17) is 0 Å². The van der Waals surface area contributed by atoms with Crippen LogP contribution in [-0.2, 0) is 51.3 Å². The number of nitrogens with one attached hydrogen (secondary N) is 3. The van der Waals surface area contributed by atoms with E-state index < -0.39 is 105 Å². The molecule has 0 saturated carbocycles. The Morgan fingerprint density at radius 3 is 1.65 bits per heavy atom. The number of ketones is 1. The van der Waals surface area contributed by atoms with E-state index in [-0.39, 0.29) is 66.4 Å². The smallest absolute Gasteiger partial charge is 0.269 e. The summed E-state index contributed by atoms with van der Waals surface area (Å²) in [6.07, 6.45) is 10.6. The molecule has 2 aliphatic heterocycles. The van der Waals surface area contributed by atoms with Gasteiger partial charge in [-0.25, -0.2) is 9.97 Å². The highest BCUT2D eigenvalue weighted by Crippen LogP contribution is 2.57. The number of thiophene rings is 2. The molecule has 4 aromatic heterocycles. The zero-order valence-corrected chi connectivity index (χ0v) is 56.3. The number of nitrogens with zero attached hydrogens (tertiary/aromatic N) is 4. The van der Waals surface area contributed by atoms with Crippen LogP contribution >= 0.6 is 22.7 Å². The van der Waals surface area contributed by atoms with Crippen LogP contribution in [0.2, 0.25) is 0 Å². The van der Waals surface area contributed by atoms with Gasteiger partial charge in [0, 0.05) is 87.7 Å². The van der Waals surface area contributed by atoms with E-state index in [9.17, 15) is 71.1 Å². The van der Waals surface area contributed by atoms with Gasteiger partial charge in [-0.3, -0.25) is 37.4 Å². The van der Waals surface area contributed by atoms with E-state index in [1.165, 1.54) is 34.8 Å². The molecular formula is C62H76N7O16S6+. The highest BCUT2D eigenvalue weighted by molar-refractivity contribution is 7.86. The molecule has 0 bridgehead atoms. The lowest BCUT2D eigenvalue weighted by atomic mass is 9.74. The van der Waals surface area contributed by atoms with Crippen molar-refractivity contribution in [3.05, 3.63) is 117 Å². The first-order valence-electron chi connectivity index (χ1n) is 30.0. The molecule has 2 aliphatic rings. The van der Waals surface area contributed by atoms with Gasteiger partial charge in [0.05, 0.1) is 39.5 Å². The number of hydrogen-bond donors (Lipinski definition) is 7. The van der Waals surface area contributed by atoms with Crippen LogP contribution in [0.1, 0.15) is 159 Å². The van der Waals surface area contributed by atoms with Gasteiger partial charge in [0.15, 0.2) is 11.5 Å². The number of carbonyl (C=O) groups excluding carboxylic acids is 4. The Balaban J connectivity index is 1.35. The Kier molecular flexibility index (Phi) is 22.1. The number of Topliss-reactive ketones (excluding diaryl/α,β-unsaturated/α-hetero) is 1. The van der Waals surface area contributed by atoms with E-state index in [2.05, 4.69) is 62.2 Å². The number of hydrogen-bond acceptors (Lipinski definition) is 17. The number of aromatic nitrogens is 2. The second-order valence-corrected chi connectivity index (χ2v) is 31.2. The van der Waals surface area contributed by atoms with Crippen molar-refractivity contribution < 1.29 is 75.6 Å². The lowest BCUT2D eigenvalue weighted by Gasteiger charge is -2.30. The van der Waals surface area contributed by atoms with Crippen LogP contribution in [0.25, 0.3) is 42.4 Å². The average molecular weight is 1370 g/mol. The highest BCUT2D eigenvalue weighted by atomic mass is 32.2. The van der Waals surface area contributed by atoms with Gasteiger partial charge in [-0.15, -0.1) is 22.7 Å². The fraction of sp³-hybridized carbons (Fsp3) is 0.435. The Hall–Kier alpha value is -6.67. The van der Waals surface area contributed by atoms with Gasteiger partial charge in [0.2, 0.25) is 5.69 Å². The van der Waals surface area contributed by atoms with Crippen molar-refractivity contribution in [2.45, 2.75) is 117 Å². The molecule has 490 valence electrons. The number of benzene rings is 2. The van der Waals surface area contributed by atoms with E-state index >= 15 is 0 Å². The van der Waals surface area contributed by atoms with E-state index in [0.717, 1.165) is 74.2 Å². The van der Waals surface area contributed by atoms with Crippen LogP contribution in [0.5, 0.6) is 0 Å². The summed E-state index contributed by atoms with van der Waals surface area (Å²) in [7, 11) is -17.9. The molecule has 0 aliphatic carbocycles. The predicted octanol–water partition coefficient (Wildman–Crippen LogP) is 9.72. The maximum absolute atomic E-state index is 13.8. The molecule has 0 saturated heterocycles. The second-order valence-electron chi connectivity index (χ2n) is 23.1. The van der Waals surface area contributed by atoms with E-state index in [1.54, 1.807) is 19.1 Å². The maximum Gasteiger partial charge on any atom is 0.269 e. The Morgan fingerprint density at radius 1 is 0.593 bits per heavy atom. The van der Waals surface area contributed by atoms with Crippen molar-refractivity contribution >= 4 is 124 Å². The first-order chi connectivity index (χ1) is 42.8. The first kappa shape index (κ1) is 70.2. The third kappa shape index (κ3) is 16.4. The van der Waals surface area contributed by atoms with Crippen LogP contribution < -0.4 is 20.9 Å². The van der Waals surface area contributed by atoms with Crippen LogP contribution in [0, 0.1) is 0 Å². The van der Waals surface area contributed by atoms with Gasteiger partial charge in [-0.05, 0) is 135 Å². The predicted molar refractivity (Wildman–Crippen MR) is 355 cm³/mol. The fourth-order valence-corrected chi connectivity index (χ4v) is 15.9. The summed E-state index contributed by atoms with van der Waals surface area (Å²) in [6, 6.07) is 14.1. The quantitative estimate of drug-likeness (QED) is 0.00921. The lowest BCUT2D eigenvalue weighted by Crippen LogP contribution is -2.32.